The number of nitrogens with zero attached hydrogens (tertiary/aromatic N) is 3. The van der Waals surface area contributed by atoms with Gasteiger partial charge in [0, 0.05) is 11.6 Å². The molecule has 0 fully saturated rings. The minimum absolute atomic E-state index is 0.0214. The first-order chi connectivity index (χ1) is 11.8. The lowest BCUT2D eigenvalue weighted by molar-refractivity contribution is -0.393. The number of anilines is 1. The summed E-state index contributed by atoms with van der Waals surface area (Å²) in [7, 11) is 0. The molecule has 0 heterocycles. The van der Waals surface area contributed by atoms with Gasteiger partial charge in [0.05, 0.1) is 21.6 Å². The molecule has 0 aromatic heterocycles. The second kappa shape index (κ2) is 7.39. The van der Waals surface area contributed by atoms with Crippen molar-refractivity contribution in [2.45, 2.75) is 20.3 Å². The van der Waals surface area contributed by atoms with Gasteiger partial charge < -0.3 is 5.11 Å². The van der Waals surface area contributed by atoms with Gasteiger partial charge in [0.1, 0.15) is 11.4 Å². The summed E-state index contributed by atoms with van der Waals surface area (Å²) in [5.74, 6) is 0.0561. The third-order valence-electron chi connectivity index (χ3n) is 3.50. The number of hydrogen-bond acceptors (Lipinski definition) is 7. The van der Waals surface area contributed by atoms with Gasteiger partial charge in [-0.2, -0.15) is 5.10 Å². The second-order valence-corrected chi connectivity index (χ2v) is 5.26. The molecule has 2 aromatic rings. The average Bonchev–Trinajstić information content (AvgIpc) is 2.56. The number of nitro benzene ring substituents is 2. The van der Waals surface area contributed by atoms with Crippen LogP contribution in [0, 0.1) is 27.2 Å². The number of phenolic OH excluding ortho intramolecular Hbond substituents is 1. The highest BCUT2D eigenvalue weighted by Gasteiger charge is 2.19. The normalized spacial score (nSPS) is 11.2. The van der Waals surface area contributed by atoms with E-state index in [9.17, 15) is 25.3 Å². The fourth-order valence-electron chi connectivity index (χ4n) is 2.22. The summed E-state index contributed by atoms with van der Waals surface area (Å²) in [6.45, 7) is 3.66. The first-order valence-electron chi connectivity index (χ1n) is 7.39. The number of nitrogens with one attached hydrogen (secondary N) is 1. The van der Waals surface area contributed by atoms with Gasteiger partial charge in [0.25, 0.3) is 5.69 Å². The van der Waals surface area contributed by atoms with E-state index < -0.39 is 15.5 Å². The van der Waals surface area contributed by atoms with Crippen molar-refractivity contribution in [2.75, 3.05) is 5.43 Å². The summed E-state index contributed by atoms with van der Waals surface area (Å²) in [4.78, 5) is 20.5. The van der Waals surface area contributed by atoms with E-state index in [0.29, 0.717) is 17.7 Å². The minimum atomic E-state index is -0.722. The van der Waals surface area contributed by atoms with Crippen molar-refractivity contribution in [3.05, 3.63) is 67.8 Å². The lowest BCUT2D eigenvalue weighted by atomic mass is 10.1. The Kier molecular flexibility index (Phi) is 5.28. The molecular formula is C16H16N4O5. The molecule has 2 rings (SSSR count). The number of aromatic hydroxyl groups is 1. The molecule has 0 saturated carbocycles. The Labute approximate surface area is 142 Å². The molecule has 130 valence electrons. The predicted molar refractivity (Wildman–Crippen MR) is 93.0 cm³/mol. The molecule has 9 heteroatoms. The zero-order valence-electron chi connectivity index (χ0n) is 13.6. The van der Waals surface area contributed by atoms with Crippen LogP contribution in [-0.2, 0) is 0 Å². The number of benzene rings is 2. The van der Waals surface area contributed by atoms with Crippen molar-refractivity contribution in [1.29, 1.82) is 0 Å². The first kappa shape index (κ1) is 17.9. The molecule has 0 bridgehead atoms. The van der Waals surface area contributed by atoms with Gasteiger partial charge in [-0.05, 0) is 37.1 Å². The summed E-state index contributed by atoms with van der Waals surface area (Å²) in [6.07, 6.45) is 0.463. The standard InChI is InChI=1S/C16H16N4O5/c1-3-13(12-6-4-10(2)8-16(12)21)17-18-14-7-5-11(19(22)23)9-15(14)20(24)25/h4-9,18,21H,3H2,1-2H3. The number of hydrazone groups is 1. The molecule has 2 N–H and O–H groups in total. The van der Waals surface area contributed by atoms with Gasteiger partial charge >= 0.3 is 5.69 Å². The van der Waals surface area contributed by atoms with Crippen LogP contribution in [0.3, 0.4) is 0 Å². The SMILES string of the molecule is CCC(=NNc1ccc([N+](=O)[O-])cc1[N+](=O)[O-])c1ccc(C)cc1O. The van der Waals surface area contributed by atoms with Crippen LogP contribution < -0.4 is 5.43 Å². The number of aryl methyl sites for hydroxylation is 1. The third-order valence-corrected chi connectivity index (χ3v) is 3.50. The third kappa shape index (κ3) is 4.08. The summed E-state index contributed by atoms with van der Waals surface area (Å²) in [5, 5.41) is 36.0. The van der Waals surface area contributed by atoms with Crippen molar-refractivity contribution in [1.82, 2.24) is 0 Å². The van der Waals surface area contributed by atoms with Crippen LogP contribution >= 0.6 is 0 Å². The lowest BCUT2D eigenvalue weighted by Gasteiger charge is -2.09. The molecule has 0 saturated heterocycles. The van der Waals surface area contributed by atoms with Crippen molar-refractivity contribution in [3.63, 3.8) is 0 Å². The van der Waals surface area contributed by atoms with Crippen molar-refractivity contribution in [2.24, 2.45) is 5.10 Å². The Hall–Kier alpha value is -3.49. The highest BCUT2D eigenvalue weighted by atomic mass is 16.6. The Morgan fingerprint density at radius 1 is 1.16 bits per heavy atom. The quantitative estimate of drug-likeness (QED) is 0.466. The smallest absolute Gasteiger partial charge is 0.301 e. The molecular weight excluding hydrogens is 328 g/mol. The van der Waals surface area contributed by atoms with Gasteiger partial charge in [-0.3, -0.25) is 25.7 Å². The van der Waals surface area contributed by atoms with Crippen LogP contribution in [0.15, 0.2) is 41.5 Å². The summed E-state index contributed by atoms with van der Waals surface area (Å²) in [6, 6.07) is 8.36. The largest absolute Gasteiger partial charge is 0.507 e. The van der Waals surface area contributed by atoms with Crippen molar-refractivity contribution in [3.8, 4) is 5.75 Å². The molecule has 0 radical (unpaired) electrons. The Balaban J connectivity index is 2.38. The van der Waals surface area contributed by atoms with Gasteiger partial charge in [0.2, 0.25) is 0 Å². The molecule has 0 unspecified atom stereocenters. The molecule has 0 amide bonds. The Bertz CT molecular complexity index is 864. The van der Waals surface area contributed by atoms with Gasteiger partial charge in [-0.25, -0.2) is 0 Å². The van der Waals surface area contributed by atoms with Gasteiger partial charge in [-0.1, -0.05) is 13.0 Å². The molecule has 9 nitrogen and oxygen atoms in total. The van der Waals surface area contributed by atoms with E-state index in [1.807, 2.05) is 19.9 Å². The molecule has 0 spiro atoms. The fraction of sp³-hybridized carbons (Fsp3) is 0.188. The first-order valence-corrected chi connectivity index (χ1v) is 7.39. The minimum Gasteiger partial charge on any atom is -0.507 e. The number of nitro groups is 2. The number of non-ortho nitro benzene ring substituents is 1. The van der Waals surface area contributed by atoms with Crippen LogP contribution in [0.5, 0.6) is 5.75 Å². The van der Waals surface area contributed by atoms with Crippen LogP contribution in [0.4, 0.5) is 17.1 Å². The molecule has 0 atom stereocenters. The Morgan fingerprint density at radius 2 is 1.88 bits per heavy atom. The van der Waals surface area contributed by atoms with E-state index in [0.717, 1.165) is 17.7 Å². The Morgan fingerprint density at radius 3 is 2.44 bits per heavy atom. The number of hydrogen-bond donors (Lipinski definition) is 2. The molecule has 0 aliphatic carbocycles. The van der Waals surface area contributed by atoms with E-state index in [4.69, 9.17) is 0 Å². The second-order valence-electron chi connectivity index (χ2n) is 5.26. The van der Waals surface area contributed by atoms with Crippen LogP contribution in [0.25, 0.3) is 0 Å². The van der Waals surface area contributed by atoms with Crippen LogP contribution in [0.2, 0.25) is 0 Å². The van der Waals surface area contributed by atoms with Crippen molar-refractivity contribution < 1.29 is 15.0 Å². The molecule has 2 aromatic carbocycles. The number of phenols is 1. The zero-order chi connectivity index (χ0) is 18.6. The van der Waals surface area contributed by atoms with Crippen molar-refractivity contribution >= 4 is 22.8 Å². The predicted octanol–water partition coefficient (Wildman–Crippen LogP) is 3.74. The zero-order valence-corrected chi connectivity index (χ0v) is 13.6. The molecule has 25 heavy (non-hydrogen) atoms. The molecule has 0 aliphatic heterocycles. The average molecular weight is 344 g/mol. The lowest BCUT2D eigenvalue weighted by Crippen LogP contribution is -2.05. The fourth-order valence-corrected chi connectivity index (χ4v) is 2.22. The van der Waals surface area contributed by atoms with Crippen LogP contribution in [-0.4, -0.2) is 20.7 Å². The van der Waals surface area contributed by atoms with E-state index in [1.165, 1.54) is 6.07 Å². The maximum atomic E-state index is 11.1. The van der Waals surface area contributed by atoms with Crippen LogP contribution in [0.1, 0.15) is 24.5 Å². The topological polar surface area (TPSA) is 131 Å². The monoisotopic (exact) mass is 344 g/mol. The number of rotatable bonds is 6. The van der Waals surface area contributed by atoms with Gasteiger partial charge in [-0.15, -0.1) is 0 Å². The van der Waals surface area contributed by atoms with E-state index in [2.05, 4.69) is 10.5 Å². The summed E-state index contributed by atoms with van der Waals surface area (Å²) < 4.78 is 0. The van der Waals surface area contributed by atoms with E-state index in [1.54, 1.807) is 12.1 Å². The van der Waals surface area contributed by atoms with E-state index >= 15 is 0 Å². The summed E-state index contributed by atoms with van der Waals surface area (Å²) in [5.41, 5.74) is 3.63. The highest BCUT2D eigenvalue weighted by molar-refractivity contribution is 6.03. The van der Waals surface area contributed by atoms with Gasteiger partial charge in [0.15, 0.2) is 0 Å². The maximum Gasteiger partial charge on any atom is 0.301 e. The maximum absolute atomic E-state index is 11.1. The van der Waals surface area contributed by atoms with E-state index in [-0.39, 0.29) is 17.1 Å². The highest BCUT2D eigenvalue weighted by Crippen LogP contribution is 2.29. The molecule has 0 aliphatic rings. The summed E-state index contributed by atoms with van der Waals surface area (Å²) >= 11 is 0.